The first-order valence-corrected chi connectivity index (χ1v) is 11.1. The third-order valence-electron chi connectivity index (χ3n) is 5.76. The fraction of sp³-hybridized carbons (Fsp3) is 0.455. The van der Waals surface area contributed by atoms with Gasteiger partial charge in [-0.05, 0) is 61.3 Å². The highest BCUT2D eigenvalue weighted by atomic mass is 32.1. The molecule has 1 N–H and O–H groups in total. The van der Waals surface area contributed by atoms with Gasteiger partial charge in [-0.25, -0.2) is 0 Å². The summed E-state index contributed by atoms with van der Waals surface area (Å²) in [5, 5.41) is 12.0. The Morgan fingerprint density at radius 1 is 1.31 bits per heavy atom. The summed E-state index contributed by atoms with van der Waals surface area (Å²) >= 11 is 1.57. The molecule has 0 bridgehead atoms. The Morgan fingerprint density at radius 3 is 2.76 bits per heavy atom. The van der Waals surface area contributed by atoms with E-state index in [9.17, 15) is 9.59 Å². The van der Waals surface area contributed by atoms with Crippen LogP contribution in [-0.4, -0.2) is 20.9 Å². The molecule has 0 radical (unpaired) electrons. The first-order valence-electron chi connectivity index (χ1n) is 10.3. The van der Waals surface area contributed by atoms with Gasteiger partial charge in [-0.15, -0.1) is 16.4 Å². The van der Waals surface area contributed by atoms with Crippen molar-refractivity contribution >= 4 is 33.1 Å². The van der Waals surface area contributed by atoms with Gasteiger partial charge >= 0.3 is 0 Å². The summed E-state index contributed by atoms with van der Waals surface area (Å²) in [5.74, 6) is 0.379. The van der Waals surface area contributed by atoms with E-state index in [1.54, 1.807) is 11.3 Å². The number of hydrogen-bond acceptors (Lipinski definition) is 5. The topological polar surface area (TPSA) is 76.9 Å². The molecule has 7 heteroatoms. The van der Waals surface area contributed by atoms with E-state index >= 15 is 0 Å². The summed E-state index contributed by atoms with van der Waals surface area (Å²) in [4.78, 5) is 28.1. The molecule has 1 aliphatic carbocycles. The van der Waals surface area contributed by atoms with Gasteiger partial charge in [0.2, 0.25) is 5.91 Å². The van der Waals surface area contributed by atoms with Crippen LogP contribution in [0.2, 0.25) is 0 Å². The number of aromatic nitrogens is 3. The van der Waals surface area contributed by atoms with Crippen molar-refractivity contribution in [2.75, 3.05) is 5.32 Å². The van der Waals surface area contributed by atoms with Crippen molar-refractivity contribution in [2.24, 2.45) is 5.92 Å². The van der Waals surface area contributed by atoms with E-state index in [0.717, 1.165) is 36.9 Å². The lowest BCUT2D eigenvalue weighted by atomic mass is 9.89. The number of nitrogens with one attached hydrogen (secondary N) is 1. The Morgan fingerprint density at radius 2 is 2.07 bits per heavy atom. The molecule has 29 heavy (non-hydrogen) atoms. The molecule has 1 aliphatic rings. The minimum atomic E-state index is -0.691. The van der Waals surface area contributed by atoms with Crippen molar-refractivity contribution in [1.82, 2.24) is 15.0 Å². The number of amides is 1. The lowest BCUT2D eigenvalue weighted by Gasteiger charge is -2.18. The van der Waals surface area contributed by atoms with Crippen LogP contribution in [0.15, 0.2) is 29.1 Å². The molecule has 6 nitrogen and oxygen atoms in total. The number of carbonyl (C=O) groups is 1. The van der Waals surface area contributed by atoms with Gasteiger partial charge in [0.05, 0.1) is 5.39 Å². The average molecular weight is 411 g/mol. The predicted octanol–water partition coefficient (Wildman–Crippen LogP) is 4.13. The van der Waals surface area contributed by atoms with Crippen molar-refractivity contribution in [3.8, 4) is 0 Å². The van der Waals surface area contributed by atoms with E-state index in [0.29, 0.717) is 22.6 Å². The number of carbonyl (C=O) groups excluding carboxylic acids is 1. The first kappa shape index (κ1) is 19.8. The van der Waals surface area contributed by atoms with Crippen LogP contribution in [0.5, 0.6) is 0 Å². The monoisotopic (exact) mass is 410 g/mol. The van der Waals surface area contributed by atoms with Crippen molar-refractivity contribution in [1.29, 1.82) is 0 Å². The first-order chi connectivity index (χ1) is 14.0. The SMILES string of the molecule is CCc1ccc(NC(=O)C(CC)n2nnc3sc4c(c3c2=O)CCC(C)C4)cc1. The molecule has 4 rings (SSSR count). The minimum Gasteiger partial charge on any atom is -0.324 e. The molecule has 0 saturated carbocycles. The van der Waals surface area contributed by atoms with Crippen LogP contribution in [0.4, 0.5) is 5.69 Å². The number of rotatable bonds is 5. The number of aryl methyl sites for hydroxylation is 2. The maximum absolute atomic E-state index is 13.3. The third-order valence-corrected chi connectivity index (χ3v) is 6.90. The Labute approximate surface area is 173 Å². The summed E-state index contributed by atoms with van der Waals surface area (Å²) in [5.41, 5.74) is 2.83. The summed E-state index contributed by atoms with van der Waals surface area (Å²) in [6.45, 7) is 6.21. The second kappa shape index (κ2) is 8.06. The lowest BCUT2D eigenvalue weighted by molar-refractivity contribution is -0.119. The van der Waals surface area contributed by atoms with Crippen molar-refractivity contribution in [3.05, 3.63) is 50.6 Å². The van der Waals surface area contributed by atoms with Crippen LogP contribution in [0.3, 0.4) is 0 Å². The molecule has 2 atom stereocenters. The summed E-state index contributed by atoms with van der Waals surface area (Å²) in [6, 6.07) is 7.07. The van der Waals surface area contributed by atoms with E-state index in [1.807, 2.05) is 31.2 Å². The molecule has 1 amide bonds. The Hall–Kier alpha value is -2.54. The van der Waals surface area contributed by atoms with E-state index in [1.165, 1.54) is 15.1 Å². The fourth-order valence-electron chi connectivity index (χ4n) is 3.99. The van der Waals surface area contributed by atoms with Crippen molar-refractivity contribution in [3.63, 3.8) is 0 Å². The molecular weight excluding hydrogens is 384 g/mol. The zero-order valence-electron chi connectivity index (χ0n) is 17.1. The zero-order chi connectivity index (χ0) is 20.5. The van der Waals surface area contributed by atoms with Gasteiger partial charge in [-0.3, -0.25) is 9.59 Å². The van der Waals surface area contributed by atoms with Crippen LogP contribution < -0.4 is 10.9 Å². The number of hydrogen-bond donors (Lipinski definition) is 1. The average Bonchev–Trinajstić information content (AvgIpc) is 3.09. The number of nitrogens with zero attached hydrogens (tertiary/aromatic N) is 3. The van der Waals surface area contributed by atoms with Crippen molar-refractivity contribution < 1.29 is 4.79 Å². The number of anilines is 1. The number of benzene rings is 1. The molecule has 0 spiro atoms. The zero-order valence-corrected chi connectivity index (χ0v) is 17.9. The summed E-state index contributed by atoms with van der Waals surface area (Å²) < 4.78 is 1.27. The van der Waals surface area contributed by atoms with Gasteiger partial charge in [0.1, 0.15) is 6.04 Å². The van der Waals surface area contributed by atoms with Crippen LogP contribution in [0.1, 0.15) is 55.7 Å². The van der Waals surface area contributed by atoms with Gasteiger partial charge in [0, 0.05) is 10.6 Å². The lowest BCUT2D eigenvalue weighted by Crippen LogP contribution is -2.35. The van der Waals surface area contributed by atoms with E-state index in [-0.39, 0.29) is 11.5 Å². The third kappa shape index (κ3) is 3.71. The van der Waals surface area contributed by atoms with Gasteiger partial charge in [0.25, 0.3) is 5.56 Å². The molecular formula is C22H26N4O2S. The highest BCUT2D eigenvalue weighted by molar-refractivity contribution is 7.18. The van der Waals surface area contributed by atoms with Crippen LogP contribution >= 0.6 is 11.3 Å². The van der Waals surface area contributed by atoms with Crippen molar-refractivity contribution in [2.45, 2.75) is 58.9 Å². The normalized spacial score (nSPS) is 17.1. The molecule has 3 aromatic rings. The predicted molar refractivity (Wildman–Crippen MR) is 117 cm³/mol. The fourth-order valence-corrected chi connectivity index (χ4v) is 5.31. The largest absolute Gasteiger partial charge is 0.324 e. The van der Waals surface area contributed by atoms with E-state index in [2.05, 4.69) is 29.5 Å². The Bertz CT molecular complexity index is 1100. The summed E-state index contributed by atoms with van der Waals surface area (Å²) in [7, 11) is 0. The number of thiophene rings is 1. The van der Waals surface area contributed by atoms with Gasteiger partial charge < -0.3 is 5.32 Å². The molecule has 0 fully saturated rings. The van der Waals surface area contributed by atoms with Crippen LogP contribution in [-0.2, 0) is 24.1 Å². The minimum absolute atomic E-state index is 0.203. The van der Waals surface area contributed by atoms with Gasteiger partial charge in [-0.1, -0.05) is 38.1 Å². The maximum atomic E-state index is 13.3. The van der Waals surface area contributed by atoms with Gasteiger partial charge in [-0.2, -0.15) is 4.68 Å². The van der Waals surface area contributed by atoms with E-state index < -0.39 is 6.04 Å². The molecule has 2 unspecified atom stereocenters. The number of fused-ring (bicyclic) bond motifs is 3. The molecule has 1 aromatic carbocycles. The highest BCUT2D eigenvalue weighted by Gasteiger charge is 2.27. The van der Waals surface area contributed by atoms with Crippen LogP contribution in [0.25, 0.3) is 10.2 Å². The van der Waals surface area contributed by atoms with Gasteiger partial charge in [0.15, 0.2) is 4.83 Å². The van der Waals surface area contributed by atoms with Crippen LogP contribution in [0, 0.1) is 5.92 Å². The smallest absolute Gasteiger partial charge is 0.279 e. The highest BCUT2D eigenvalue weighted by Crippen LogP contribution is 2.35. The molecule has 152 valence electrons. The molecule has 2 heterocycles. The summed E-state index contributed by atoms with van der Waals surface area (Å²) in [6.07, 6.45) is 4.36. The maximum Gasteiger partial charge on any atom is 0.279 e. The Balaban J connectivity index is 1.67. The second-order valence-corrected chi connectivity index (χ2v) is 8.92. The quantitative estimate of drug-likeness (QED) is 0.686. The van der Waals surface area contributed by atoms with E-state index in [4.69, 9.17) is 0 Å². The molecule has 0 saturated heterocycles. The standard InChI is InChI=1S/C22H26N4O2S/c1-4-14-7-9-15(10-8-14)23-20(27)17(5-2)26-22(28)19-16-11-6-13(3)12-18(16)29-21(19)24-25-26/h7-10,13,17H,4-6,11-12H2,1-3H3,(H,23,27). The Kier molecular flexibility index (Phi) is 5.50. The second-order valence-electron chi connectivity index (χ2n) is 7.83. The molecule has 0 aliphatic heterocycles. The molecule has 2 aromatic heterocycles.